The minimum absolute atomic E-state index is 0.117. The fourth-order valence-electron chi connectivity index (χ4n) is 1.06. The van der Waals surface area contributed by atoms with E-state index in [2.05, 4.69) is 4.99 Å². The van der Waals surface area contributed by atoms with Crippen molar-refractivity contribution < 1.29 is 17.5 Å². The summed E-state index contributed by atoms with van der Waals surface area (Å²) in [6.45, 7) is 1.20. The second-order valence-electron chi connectivity index (χ2n) is 2.91. The first kappa shape index (κ1) is 8.63. The quantitative estimate of drug-likeness (QED) is 0.401. The van der Waals surface area contributed by atoms with Gasteiger partial charge in [0.1, 0.15) is 16.7 Å². The predicted octanol–water partition coefficient (Wildman–Crippen LogP) is -1.02. The summed E-state index contributed by atoms with van der Waals surface area (Å²) in [6.07, 6.45) is 1.51. The van der Waals surface area contributed by atoms with Crippen molar-refractivity contribution in [1.82, 2.24) is 0 Å². The van der Waals surface area contributed by atoms with Crippen LogP contribution in [-0.4, -0.2) is 49.8 Å². The van der Waals surface area contributed by atoms with Gasteiger partial charge in [-0.3, -0.25) is 4.48 Å². The van der Waals surface area contributed by atoms with Crippen molar-refractivity contribution in [2.24, 2.45) is 4.99 Å². The Bertz CT molecular complexity index is 271. The fourth-order valence-corrected chi connectivity index (χ4v) is 1.98. The van der Waals surface area contributed by atoms with Crippen molar-refractivity contribution in [1.29, 1.82) is 0 Å². The van der Waals surface area contributed by atoms with Crippen molar-refractivity contribution in [2.75, 3.05) is 26.0 Å². The van der Waals surface area contributed by atoms with Gasteiger partial charge in [-0.2, -0.15) is 0 Å². The maximum absolute atomic E-state index is 10.4. The van der Waals surface area contributed by atoms with Crippen LogP contribution < -0.4 is 0 Å². The van der Waals surface area contributed by atoms with Crippen molar-refractivity contribution >= 4 is 16.5 Å². The van der Waals surface area contributed by atoms with Crippen molar-refractivity contribution in [3.05, 3.63) is 0 Å². The van der Waals surface area contributed by atoms with Crippen LogP contribution in [0.4, 0.5) is 0 Å². The molecule has 1 heterocycles. The van der Waals surface area contributed by atoms with E-state index in [1.807, 2.05) is 0 Å². The van der Waals surface area contributed by atoms with E-state index in [0.717, 1.165) is 0 Å². The van der Waals surface area contributed by atoms with Crippen LogP contribution in [0, 0.1) is 0 Å². The van der Waals surface area contributed by atoms with Gasteiger partial charge in [0.2, 0.25) is 0 Å². The Labute approximate surface area is 65.7 Å². The standard InChI is InChI=1S/C5H10N2O3S/c1-7(3-2-6-4-7)5-11(8,9)10/h4H,2-3,5H2,1H3. The van der Waals surface area contributed by atoms with Gasteiger partial charge in [-0.25, -0.2) is 13.4 Å². The van der Waals surface area contributed by atoms with Gasteiger partial charge >= 0.3 is 0 Å². The highest BCUT2D eigenvalue weighted by Gasteiger charge is 2.25. The lowest BCUT2D eigenvalue weighted by molar-refractivity contribution is -0.794. The molecule has 0 aliphatic carbocycles. The van der Waals surface area contributed by atoms with E-state index in [1.165, 1.54) is 6.34 Å². The Morgan fingerprint density at radius 3 is 2.73 bits per heavy atom. The van der Waals surface area contributed by atoms with Crippen molar-refractivity contribution in [3.63, 3.8) is 0 Å². The Morgan fingerprint density at radius 2 is 2.36 bits per heavy atom. The second-order valence-corrected chi connectivity index (χ2v) is 4.28. The highest BCUT2D eigenvalue weighted by Crippen LogP contribution is 2.06. The average Bonchev–Trinajstić information content (AvgIpc) is 2.09. The zero-order chi connectivity index (χ0) is 8.54. The maximum Gasteiger partial charge on any atom is 0.186 e. The topological polar surface area (TPSA) is 69.6 Å². The molecule has 1 atom stereocenters. The summed E-state index contributed by atoms with van der Waals surface area (Å²) in [5.41, 5.74) is 0. The molecular weight excluding hydrogens is 168 g/mol. The molecule has 0 aromatic carbocycles. The molecule has 0 saturated carbocycles. The molecule has 0 fully saturated rings. The molecule has 5 nitrogen and oxygen atoms in total. The van der Waals surface area contributed by atoms with Crippen molar-refractivity contribution in [3.8, 4) is 0 Å². The van der Waals surface area contributed by atoms with Gasteiger partial charge in [0, 0.05) is 0 Å². The Kier molecular flexibility index (Phi) is 2.00. The lowest BCUT2D eigenvalue weighted by Crippen LogP contribution is -2.44. The highest BCUT2D eigenvalue weighted by molar-refractivity contribution is 7.85. The fraction of sp³-hybridized carbons (Fsp3) is 0.800. The lowest BCUT2D eigenvalue weighted by Gasteiger charge is -2.25. The van der Waals surface area contributed by atoms with E-state index >= 15 is 0 Å². The zero-order valence-corrected chi connectivity index (χ0v) is 7.04. The molecule has 0 amide bonds. The molecule has 11 heavy (non-hydrogen) atoms. The van der Waals surface area contributed by atoms with Gasteiger partial charge < -0.3 is 4.55 Å². The first-order chi connectivity index (χ1) is 4.91. The first-order valence-electron chi connectivity index (χ1n) is 3.20. The molecule has 0 bridgehead atoms. The van der Waals surface area contributed by atoms with Gasteiger partial charge in [0.25, 0.3) is 0 Å². The molecule has 1 rings (SSSR count). The molecular formula is C5H10N2O3S. The molecule has 0 radical (unpaired) electrons. The number of hydrogen-bond acceptors (Lipinski definition) is 4. The van der Waals surface area contributed by atoms with E-state index in [1.54, 1.807) is 7.05 Å². The van der Waals surface area contributed by atoms with Crippen LogP contribution in [0.5, 0.6) is 0 Å². The third kappa shape index (κ3) is 2.57. The third-order valence-electron chi connectivity index (χ3n) is 1.55. The van der Waals surface area contributed by atoms with Crippen molar-refractivity contribution in [2.45, 2.75) is 0 Å². The average molecular weight is 178 g/mol. The Hall–Kier alpha value is -0.460. The Balaban J connectivity index is 2.69. The minimum Gasteiger partial charge on any atom is -0.744 e. The van der Waals surface area contributed by atoms with Gasteiger partial charge in [0.05, 0.1) is 13.6 Å². The molecule has 6 heteroatoms. The van der Waals surface area contributed by atoms with Gasteiger partial charge in [-0.05, 0) is 0 Å². The minimum atomic E-state index is -4.14. The summed E-state index contributed by atoms with van der Waals surface area (Å²) < 4.78 is 31.2. The van der Waals surface area contributed by atoms with Crippen LogP contribution in [-0.2, 0) is 10.1 Å². The van der Waals surface area contributed by atoms with Gasteiger partial charge in [-0.15, -0.1) is 0 Å². The highest BCUT2D eigenvalue weighted by atomic mass is 32.2. The molecule has 0 aromatic rings. The number of nitrogens with zero attached hydrogens (tertiary/aromatic N) is 2. The summed E-state index contributed by atoms with van der Waals surface area (Å²) in [4.78, 5) is 3.86. The van der Waals surface area contributed by atoms with Crippen LogP contribution in [0.3, 0.4) is 0 Å². The second kappa shape index (κ2) is 2.54. The molecule has 64 valence electrons. The van der Waals surface area contributed by atoms with E-state index in [0.29, 0.717) is 13.1 Å². The zero-order valence-electron chi connectivity index (χ0n) is 6.23. The summed E-state index contributed by atoms with van der Waals surface area (Å²) >= 11 is 0. The number of quaternary nitrogens is 1. The third-order valence-corrected chi connectivity index (χ3v) is 2.46. The largest absolute Gasteiger partial charge is 0.744 e. The monoisotopic (exact) mass is 178 g/mol. The van der Waals surface area contributed by atoms with E-state index in [-0.39, 0.29) is 4.48 Å². The van der Waals surface area contributed by atoms with E-state index < -0.39 is 16.0 Å². The predicted molar refractivity (Wildman–Crippen MR) is 39.0 cm³/mol. The number of hydrogen-bond donors (Lipinski definition) is 0. The first-order valence-corrected chi connectivity index (χ1v) is 4.78. The summed E-state index contributed by atoms with van der Waals surface area (Å²) in [5, 5.41) is 0. The summed E-state index contributed by atoms with van der Waals surface area (Å²) in [7, 11) is -2.46. The van der Waals surface area contributed by atoms with Gasteiger partial charge in [-0.1, -0.05) is 0 Å². The maximum atomic E-state index is 10.4. The van der Waals surface area contributed by atoms with Gasteiger partial charge in [0.15, 0.2) is 12.2 Å². The molecule has 0 saturated heterocycles. The van der Waals surface area contributed by atoms with Crippen LogP contribution >= 0.6 is 0 Å². The number of rotatable bonds is 2. The van der Waals surface area contributed by atoms with Crippen LogP contribution in [0.25, 0.3) is 0 Å². The number of likely N-dealkylation sites (N-methyl/N-ethyl adjacent to an activating group) is 1. The van der Waals surface area contributed by atoms with E-state index in [4.69, 9.17) is 0 Å². The smallest absolute Gasteiger partial charge is 0.186 e. The molecule has 1 aliphatic heterocycles. The van der Waals surface area contributed by atoms with Crippen LogP contribution in [0.1, 0.15) is 0 Å². The van der Waals surface area contributed by atoms with E-state index in [9.17, 15) is 13.0 Å². The lowest BCUT2D eigenvalue weighted by atomic mass is 10.6. The summed E-state index contributed by atoms with van der Waals surface area (Å²) in [5.74, 6) is -0.392. The SMILES string of the molecule is C[N+]1(CS(=O)(=O)[O-])C=NCC1. The number of aliphatic imine (C=N–C) groups is 1. The Morgan fingerprint density at radius 1 is 1.73 bits per heavy atom. The van der Waals surface area contributed by atoms with Crippen LogP contribution in [0.2, 0.25) is 0 Å². The van der Waals surface area contributed by atoms with Crippen LogP contribution in [0.15, 0.2) is 4.99 Å². The molecule has 0 spiro atoms. The molecule has 1 aliphatic rings. The normalized spacial score (nSPS) is 31.1. The molecule has 0 aromatic heterocycles. The summed E-state index contributed by atoms with van der Waals surface area (Å²) in [6, 6.07) is 0. The molecule has 1 unspecified atom stereocenters. The molecule has 0 N–H and O–H groups in total.